The molecular weight excluding hydrogens is 270 g/mol. The molecule has 1 heterocycles. The largest absolute Gasteiger partial charge is 0.396 e. The summed E-state index contributed by atoms with van der Waals surface area (Å²) < 4.78 is 5.12. The summed E-state index contributed by atoms with van der Waals surface area (Å²) in [6, 6.07) is -0.541. The van der Waals surface area contributed by atoms with Gasteiger partial charge in [-0.15, -0.1) is 0 Å². The summed E-state index contributed by atoms with van der Waals surface area (Å²) in [5, 5.41) is 18.8. The van der Waals surface area contributed by atoms with Gasteiger partial charge in [0, 0.05) is 18.2 Å². The summed E-state index contributed by atoms with van der Waals surface area (Å²) >= 11 is 0. The van der Waals surface area contributed by atoms with E-state index in [0.717, 1.165) is 11.3 Å². The van der Waals surface area contributed by atoms with Crippen molar-refractivity contribution < 1.29 is 14.4 Å². The van der Waals surface area contributed by atoms with E-state index < -0.39 is 0 Å². The van der Waals surface area contributed by atoms with Crippen molar-refractivity contribution in [2.45, 2.75) is 60.0 Å². The molecule has 0 unspecified atom stereocenters. The monoisotopic (exact) mass is 297 g/mol. The van der Waals surface area contributed by atoms with Crippen LogP contribution in [0.2, 0.25) is 0 Å². The molecule has 0 saturated heterocycles. The Morgan fingerprint density at radius 1 is 1.33 bits per heavy atom. The Balaban J connectivity index is 2.68. The molecule has 2 atom stereocenters. The van der Waals surface area contributed by atoms with Gasteiger partial charge in [0.2, 0.25) is 0 Å². The number of aryl methyl sites for hydroxylation is 2. The third-order valence-electron chi connectivity index (χ3n) is 3.64. The van der Waals surface area contributed by atoms with Crippen LogP contribution in [0.1, 0.15) is 57.2 Å². The molecule has 6 nitrogen and oxygen atoms in total. The lowest BCUT2D eigenvalue weighted by atomic mass is 9.85. The Hall–Kier alpha value is -1.56. The van der Waals surface area contributed by atoms with Crippen molar-refractivity contribution in [3.8, 4) is 0 Å². The first-order valence-electron chi connectivity index (χ1n) is 7.27. The van der Waals surface area contributed by atoms with E-state index in [1.807, 2.05) is 41.5 Å². The number of aliphatic hydroxyl groups excluding tert-OH is 1. The van der Waals surface area contributed by atoms with Gasteiger partial charge in [-0.2, -0.15) is 0 Å². The highest BCUT2D eigenvalue weighted by atomic mass is 16.5. The first kappa shape index (κ1) is 17.5. The minimum Gasteiger partial charge on any atom is -0.396 e. The predicted molar refractivity (Wildman–Crippen MR) is 81.0 cm³/mol. The van der Waals surface area contributed by atoms with Crippen molar-refractivity contribution in [3.05, 3.63) is 17.0 Å². The van der Waals surface area contributed by atoms with Gasteiger partial charge >= 0.3 is 6.03 Å². The molecule has 0 aromatic carbocycles. The van der Waals surface area contributed by atoms with Crippen molar-refractivity contribution in [3.63, 3.8) is 0 Å². The molecule has 120 valence electrons. The van der Waals surface area contributed by atoms with E-state index in [-0.39, 0.29) is 30.1 Å². The highest BCUT2D eigenvalue weighted by Gasteiger charge is 2.26. The van der Waals surface area contributed by atoms with Crippen molar-refractivity contribution in [2.24, 2.45) is 5.41 Å². The fraction of sp³-hybridized carbons (Fsp3) is 0.733. The molecule has 6 heteroatoms. The summed E-state index contributed by atoms with van der Waals surface area (Å²) in [5.41, 5.74) is 1.56. The molecule has 1 aromatic rings. The number of amides is 2. The third kappa shape index (κ3) is 4.74. The summed E-state index contributed by atoms with van der Waals surface area (Å²) in [5.74, 6) is 0.711. The van der Waals surface area contributed by atoms with Crippen LogP contribution >= 0.6 is 0 Å². The minimum atomic E-state index is -0.254. The Labute approximate surface area is 126 Å². The number of carbonyl (C=O) groups excluding carboxylic acids is 1. The van der Waals surface area contributed by atoms with Crippen LogP contribution in [-0.4, -0.2) is 28.9 Å². The summed E-state index contributed by atoms with van der Waals surface area (Å²) in [6.07, 6.45) is 0.524. The summed E-state index contributed by atoms with van der Waals surface area (Å²) in [6.45, 7) is 11.7. The normalized spacial score (nSPS) is 14.6. The number of hydrogen-bond donors (Lipinski definition) is 3. The van der Waals surface area contributed by atoms with E-state index >= 15 is 0 Å². The number of nitrogens with one attached hydrogen (secondary N) is 2. The Morgan fingerprint density at radius 2 is 1.95 bits per heavy atom. The fourth-order valence-corrected chi connectivity index (χ4v) is 2.43. The Kier molecular flexibility index (Phi) is 5.78. The second-order valence-corrected chi connectivity index (χ2v) is 6.51. The lowest BCUT2D eigenvalue weighted by Gasteiger charge is -2.31. The third-order valence-corrected chi connectivity index (χ3v) is 3.64. The molecule has 0 fully saturated rings. The van der Waals surface area contributed by atoms with Crippen molar-refractivity contribution in [1.82, 2.24) is 15.8 Å². The minimum absolute atomic E-state index is 0.0433. The lowest BCUT2D eigenvalue weighted by Crippen LogP contribution is -2.49. The van der Waals surface area contributed by atoms with Crippen LogP contribution in [0.25, 0.3) is 0 Å². The molecule has 0 radical (unpaired) electrons. The molecule has 2 amide bonds. The Morgan fingerprint density at radius 3 is 2.38 bits per heavy atom. The zero-order chi connectivity index (χ0) is 16.2. The van der Waals surface area contributed by atoms with Crippen LogP contribution in [0, 0.1) is 19.3 Å². The average molecular weight is 297 g/mol. The quantitative estimate of drug-likeness (QED) is 0.779. The van der Waals surface area contributed by atoms with Gasteiger partial charge in [-0.25, -0.2) is 4.79 Å². The van der Waals surface area contributed by atoms with Crippen LogP contribution in [0.4, 0.5) is 4.79 Å². The smallest absolute Gasteiger partial charge is 0.315 e. The molecule has 0 saturated carbocycles. The van der Waals surface area contributed by atoms with Crippen LogP contribution in [0.3, 0.4) is 0 Å². The van der Waals surface area contributed by atoms with Crippen LogP contribution in [0.5, 0.6) is 0 Å². The van der Waals surface area contributed by atoms with Crippen LogP contribution in [-0.2, 0) is 0 Å². The van der Waals surface area contributed by atoms with Crippen LogP contribution < -0.4 is 10.6 Å². The predicted octanol–water partition coefficient (Wildman–Crippen LogP) is 2.45. The number of urea groups is 1. The number of hydrogen-bond acceptors (Lipinski definition) is 4. The van der Waals surface area contributed by atoms with Crippen molar-refractivity contribution in [2.75, 3.05) is 6.61 Å². The number of rotatable bonds is 5. The van der Waals surface area contributed by atoms with E-state index in [1.165, 1.54) is 0 Å². The highest BCUT2D eigenvalue weighted by Crippen LogP contribution is 2.23. The molecule has 0 aliphatic heterocycles. The molecule has 0 aliphatic carbocycles. The van der Waals surface area contributed by atoms with Gasteiger partial charge in [-0.3, -0.25) is 0 Å². The lowest BCUT2D eigenvalue weighted by molar-refractivity contribution is 0.188. The molecule has 1 aromatic heterocycles. The number of aliphatic hydroxyl groups is 1. The molecule has 0 spiro atoms. The van der Waals surface area contributed by atoms with E-state index in [9.17, 15) is 4.79 Å². The Bertz CT molecular complexity index is 457. The fourth-order valence-electron chi connectivity index (χ4n) is 2.43. The SMILES string of the molecule is Cc1noc(C)c1[C@@H](C)NC(=O)N[C@H](CCO)C(C)(C)C. The molecule has 0 aliphatic rings. The van der Waals surface area contributed by atoms with Crippen molar-refractivity contribution >= 4 is 6.03 Å². The maximum absolute atomic E-state index is 12.1. The van der Waals surface area contributed by atoms with Gasteiger partial charge < -0.3 is 20.3 Å². The van der Waals surface area contributed by atoms with Gasteiger partial charge in [-0.05, 0) is 32.6 Å². The first-order valence-corrected chi connectivity index (χ1v) is 7.27. The zero-order valence-corrected chi connectivity index (χ0v) is 13.8. The molecular formula is C15H27N3O3. The van der Waals surface area contributed by atoms with E-state index in [1.54, 1.807) is 0 Å². The topological polar surface area (TPSA) is 87.4 Å². The van der Waals surface area contributed by atoms with Gasteiger partial charge in [0.1, 0.15) is 5.76 Å². The zero-order valence-electron chi connectivity index (χ0n) is 13.8. The van der Waals surface area contributed by atoms with E-state index in [4.69, 9.17) is 9.63 Å². The van der Waals surface area contributed by atoms with Gasteiger partial charge in [0.05, 0.1) is 11.7 Å². The molecule has 1 rings (SSSR count). The summed E-state index contributed by atoms with van der Waals surface area (Å²) in [7, 11) is 0. The van der Waals surface area contributed by atoms with E-state index in [2.05, 4.69) is 15.8 Å². The molecule has 0 bridgehead atoms. The van der Waals surface area contributed by atoms with Crippen molar-refractivity contribution in [1.29, 1.82) is 0 Å². The van der Waals surface area contributed by atoms with Crippen LogP contribution in [0.15, 0.2) is 4.52 Å². The number of aromatic nitrogens is 1. The molecule has 21 heavy (non-hydrogen) atoms. The standard InChI is InChI=1S/C15H27N3O3/c1-9(13-10(2)18-21-11(13)3)16-14(20)17-12(7-8-19)15(4,5)6/h9,12,19H,7-8H2,1-6H3,(H2,16,17,20)/t9-,12-/m1/s1. The van der Waals surface area contributed by atoms with Gasteiger partial charge in [-0.1, -0.05) is 25.9 Å². The highest BCUT2D eigenvalue weighted by molar-refractivity contribution is 5.74. The number of carbonyl (C=O) groups is 1. The van der Waals surface area contributed by atoms with Gasteiger partial charge in [0.15, 0.2) is 0 Å². The second kappa shape index (κ2) is 6.93. The first-order chi connectivity index (χ1) is 9.66. The maximum Gasteiger partial charge on any atom is 0.315 e. The second-order valence-electron chi connectivity index (χ2n) is 6.51. The molecule has 3 N–H and O–H groups in total. The number of nitrogens with zero attached hydrogens (tertiary/aromatic N) is 1. The van der Waals surface area contributed by atoms with Gasteiger partial charge in [0.25, 0.3) is 0 Å². The summed E-state index contributed by atoms with van der Waals surface area (Å²) in [4.78, 5) is 12.1. The average Bonchev–Trinajstić information content (AvgIpc) is 2.67. The van der Waals surface area contributed by atoms with E-state index in [0.29, 0.717) is 12.2 Å². The maximum atomic E-state index is 12.1.